The highest BCUT2D eigenvalue weighted by atomic mass is 16.6. The molecule has 0 radical (unpaired) electrons. The minimum absolute atomic E-state index is 0.384. The normalized spacial score (nSPS) is 30.8. The van der Waals surface area contributed by atoms with Crippen molar-refractivity contribution in [2.45, 2.75) is 44.3 Å². The van der Waals surface area contributed by atoms with Gasteiger partial charge < -0.3 is 15.6 Å². The maximum absolute atomic E-state index is 10.4. The van der Waals surface area contributed by atoms with Crippen LogP contribution in [-0.2, 0) is 4.74 Å². The first-order valence-corrected chi connectivity index (χ1v) is 4.34. The fourth-order valence-corrected chi connectivity index (χ4v) is 1.54. The Labute approximate surface area is 71.7 Å². The van der Waals surface area contributed by atoms with Crippen LogP contribution in [0.4, 0.5) is 4.79 Å². The van der Waals surface area contributed by atoms with Gasteiger partial charge in [0.1, 0.15) is 6.10 Å². The minimum atomic E-state index is -0.791. The number of ether oxygens (including phenoxy) is 1. The molecule has 70 valence electrons. The zero-order valence-corrected chi connectivity index (χ0v) is 7.03. The summed E-state index contributed by atoms with van der Waals surface area (Å²) in [5.74, 6) is 0. The molecule has 0 spiro atoms. The molecule has 0 unspecified atom stereocenters. The number of hydrogen-bond acceptors (Lipinski definition) is 3. The van der Waals surface area contributed by atoms with Gasteiger partial charge in [-0.3, -0.25) is 0 Å². The Morgan fingerprint density at radius 3 is 2.67 bits per heavy atom. The first-order chi connectivity index (χ1) is 5.70. The highest BCUT2D eigenvalue weighted by Crippen LogP contribution is 2.20. The SMILES string of the molecule is NC(=O)O[C@H]1CCCCC[C@@H]1O. The summed E-state index contributed by atoms with van der Waals surface area (Å²) in [5, 5.41) is 9.47. The van der Waals surface area contributed by atoms with Crippen LogP contribution in [0.1, 0.15) is 32.1 Å². The summed E-state index contributed by atoms with van der Waals surface area (Å²) in [6, 6.07) is 0. The molecule has 0 aromatic rings. The molecular weight excluding hydrogens is 158 g/mol. The Morgan fingerprint density at radius 2 is 2.00 bits per heavy atom. The average Bonchev–Trinajstić information content (AvgIpc) is 2.16. The lowest BCUT2D eigenvalue weighted by Crippen LogP contribution is -2.32. The van der Waals surface area contributed by atoms with Gasteiger partial charge in [0.15, 0.2) is 0 Å². The zero-order chi connectivity index (χ0) is 8.97. The Balaban J connectivity index is 2.41. The van der Waals surface area contributed by atoms with Crippen LogP contribution in [-0.4, -0.2) is 23.4 Å². The lowest BCUT2D eigenvalue weighted by molar-refractivity contribution is 0.00301. The standard InChI is InChI=1S/C8H15NO3/c9-8(11)12-7-5-3-1-2-4-6(7)10/h6-7,10H,1-5H2,(H2,9,11)/t6-,7-/m0/s1. The van der Waals surface area contributed by atoms with Gasteiger partial charge >= 0.3 is 6.09 Å². The molecule has 0 aromatic heterocycles. The van der Waals surface area contributed by atoms with E-state index in [2.05, 4.69) is 0 Å². The van der Waals surface area contributed by atoms with Gasteiger partial charge in [-0.2, -0.15) is 0 Å². The maximum Gasteiger partial charge on any atom is 0.404 e. The number of rotatable bonds is 1. The minimum Gasteiger partial charge on any atom is -0.444 e. The second-order valence-corrected chi connectivity index (χ2v) is 3.18. The molecular formula is C8H15NO3. The van der Waals surface area contributed by atoms with E-state index in [0.29, 0.717) is 6.42 Å². The first kappa shape index (κ1) is 9.32. The van der Waals surface area contributed by atoms with Crippen molar-refractivity contribution in [3.63, 3.8) is 0 Å². The van der Waals surface area contributed by atoms with Gasteiger partial charge in [-0.05, 0) is 19.3 Å². The average molecular weight is 173 g/mol. The first-order valence-electron chi connectivity index (χ1n) is 4.34. The van der Waals surface area contributed by atoms with Crippen molar-refractivity contribution in [2.24, 2.45) is 5.73 Å². The molecule has 1 rings (SSSR count). The van der Waals surface area contributed by atoms with Crippen molar-refractivity contribution in [2.75, 3.05) is 0 Å². The number of hydrogen-bond donors (Lipinski definition) is 2. The summed E-state index contributed by atoms with van der Waals surface area (Å²) < 4.78 is 4.77. The summed E-state index contributed by atoms with van der Waals surface area (Å²) in [7, 11) is 0. The van der Waals surface area contributed by atoms with Gasteiger partial charge in [-0.1, -0.05) is 12.8 Å². The van der Waals surface area contributed by atoms with E-state index in [4.69, 9.17) is 10.5 Å². The molecule has 0 aliphatic heterocycles. The molecule has 1 amide bonds. The summed E-state index contributed by atoms with van der Waals surface area (Å²) >= 11 is 0. The van der Waals surface area contributed by atoms with Crippen molar-refractivity contribution in [1.82, 2.24) is 0 Å². The topological polar surface area (TPSA) is 72.6 Å². The monoisotopic (exact) mass is 173 g/mol. The molecule has 0 heterocycles. The summed E-state index contributed by atoms with van der Waals surface area (Å²) in [6.07, 6.45) is 2.82. The molecule has 2 atom stereocenters. The van der Waals surface area contributed by atoms with E-state index in [0.717, 1.165) is 25.7 Å². The Kier molecular flexibility index (Phi) is 3.34. The largest absolute Gasteiger partial charge is 0.444 e. The molecule has 4 heteroatoms. The molecule has 0 aromatic carbocycles. The van der Waals surface area contributed by atoms with E-state index >= 15 is 0 Å². The molecule has 0 bridgehead atoms. The van der Waals surface area contributed by atoms with Crippen LogP contribution in [0.2, 0.25) is 0 Å². The van der Waals surface area contributed by atoms with Crippen LogP contribution in [0.15, 0.2) is 0 Å². The zero-order valence-electron chi connectivity index (χ0n) is 7.03. The van der Waals surface area contributed by atoms with E-state index in [1.807, 2.05) is 0 Å². The van der Waals surface area contributed by atoms with Gasteiger partial charge in [0.25, 0.3) is 0 Å². The number of primary amides is 1. The van der Waals surface area contributed by atoms with Crippen molar-refractivity contribution < 1.29 is 14.6 Å². The number of nitrogens with two attached hydrogens (primary N) is 1. The van der Waals surface area contributed by atoms with E-state index < -0.39 is 12.2 Å². The molecule has 3 N–H and O–H groups in total. The van der Waals surface area contributed by atoms with Gasteiger partial charge in [0, 0.05) is 0 Å². The van der Waals surface area contributed by atoms with Crippen LogP contribution >= 0.6 is 0 Å². The molecule has 4 nitrogen and oxygen atoms in total. The van der Waals surface area contributed by atoms with E-state index in [-0.39, 0.29) is 6.10 Å². The molecule has 1 aliphatic rings. The van der Waals surface area contributed by atoms with E-state index in [1.54, 1.807) is 0 Å². The summed E-state index contributed by atoms with van der Waals surface area (Å²) in [4.78, 5) is 10.4. The summed E-state index contributed by atoms with van der Waals surface area (Å²) in [6.45, 7) is 0. The summed E-state index contributed by atoms with van der Waals surface area (Å²) in [5.41, 5.74) is 4.86. The number of aliphatic hydroxyl groups excluding tert-OH is 1. The third-order valence-corrected chi connectivity index (χ3v) is 2.19. The van der Waals surface area contributed by atoms with Crippen LogP contribution in [0, 0.1) is 0 Å². The van der Waals surface area contributed by atoms with Crippen LogP contribution in [0.5, 0.6) is 0 Å². The van der Waals surface area contributed by atoms with Gasteiger partial charge in [0.2, 0.25) is 0 Å². The highest BCUT2D eigenvalue weighted by Gasteiger charge is 2.23. The number of carbonyl (C=O) groups is 1. The van der Waals surface area contributed by atoms with Gasteiger partial charge in [-0.15, -0.1) is 0 Å². The van der Waals surface area contributed by atoms with Crippen LogP contribution in [0.3, 0.4) is 0 Å². The number of aliphatic hydroxyl groups is 1. The number of carbonyl (C=O) groups excluding carboxylic acids is 1. The third-order valence-electron chi connectivity index (χ3n) is 2.19. The molecule has 12 heavy (non-hydrogen) atoms. The highest BCUT2D eigenvalue weighted by molar-refractivity contribution is 5.64. The molecule has 1 aliphatic carbocycles. The van der Waals surface area contributed by atoms with Crippen molar-refractivity contribution in [3.8, 4) is 0 Å². The quantitative estimate of drug-likeness (QED) is 0.575. The predicted molar refractivity (Wildman–Crippen MR) is 43.5 cm³/mol. The van der Waals surface area contributed by atoms with E-state index in [9.17, 15) is 9.90 Å². The Morgan fingerprint density at radius 1 is 1.33 bits per heavy atom. The van der Waals surface area contributed by atoms with Crippen molar-refractivity contribution >= 4 is 6.09 Å². The fourth-order valence-electron chi connectivity index (χ4n) is 1.54. The fraction of sp³-hybridized carbons (Fsp3) is 0.875. The maximum atomic E-state index is 10.4. The molecule has 1 fully saturated rings. The van der Waals surface area contributed by atoms with Crippen molar-refractivity contribution in [3.05, 3.63) is 0 Å². The van der Waals surface area contributed by atoms with Crippen LogP contribution in [0.25, 0.3) is 0 Å². The lowest BCUT2D eigenvalue weighted by atomic mass is 10.1. The van der Waals surface area contributed by atoms with Crippen LogP contribution < -0.4 is 5.73 Å². The predicted octanol–water partition coefficient (Wildman–Crippen LogP) is 0.775. The van der Waals surface area contributed by atoms with Gasteiger partial charge in [0.05, 0.1) is 6.10 Å². The Bertz CT molecular complexity index is 160. The molecule has 0 saturated heterocycles. The lowest BCUT2D eigenvalue weighted by Gasteiger charge is -2.18. The Hall–Kier alpha value is -0.770. The van der Waals surface area contributed by atoms with Crippen molar-refractivity contribution in [1.29, 1.82) is 0 Å². The van der Waals surface area contributed by atoms with Gasteiger partial charge in [-0.25, -0.2) is 4.79 Å². The molecule has 1 saturated carbocycles. The van der Waals surface area contributed by atoms with E-state index in [1.165, 1.54) is 0 Å². The second kappa shape index (κ2) is 4.30. The third kappa shape index (κ3) is 2.70. The second-order valence-electron chi connectivity index (χ2n) is 3.18. The number of amides is 1. The smallest absolute Gasteiger partial charge is 0.404 e.